The van der Waals surface area contributed by atoms with Crippen molar-refractivity contribution in [1.82, 2.24) is 0 Å². The molecule has 3 N–H and O–H groups in total. The van der Waals surface area contributed by atoms with Gasteiger partial charge in [0.05, 0.1) is 6.04 Å². The second-order valence-corrected chi connectivity index (χ2v) is 4.13. The van der Waals surface area contributed by atoms with Crippen LogP contribution in [-0.2, 0) is 0 Å². The van der Waals surface area contributed by atoms with Gasteiger partial charge in [0, 0.05) is 0 Å². The average molecular weight is 238 g/mol. The number of aliphatic hydroxyl groups excluding tert-OH is 1. The average Bonchev–Trinajstić information content (AvgIpc) is 2.42. The standard InChI is InChI=1S/C10H17F3N2O/c1-2-3-4-5-6-7(10(11,12)13)8(16)9(14)15-6/h6-8,16H,2-5H2,1H3,(H2,14,15)/t6?,7-,8-/m0/s1. The number of aliphatic imine (C=N–C) groups is 1. The van der Waals surface area contributed by atoms with E-state index >= 15 is 0 Å². The highest BCUT2D eigenvalue weighted by Crippen LogP contribution is 2.38. The van der Waals surface area contributed by atoms with E-state index in [2.05, 4.69) is 4.99 Å². The van der Waals surface area contributed by atoms with E-state index in [9.17, 15) is 18.3 Å². The van der Waals surface area contributed by atoms with Gasteiger partial charge < -0.3 is 10.8 Å². The third-order valence-electron chi connectivity index (χ3n) is 2.85. The van der Waals surface area contributed by atoms with Crippen molar-refractivity contribution < 1.29 is 18.3 Å². The molecule has 6 heteroatoms. The summed E-state index contributed by atoms with van der Waals surface area (Å²) in [7, 11) is 0. The molecule has 0 aromatic heterocycles. The molecular weight excluding hydrogens is 221 g/mol. The number of hydrogen-bond donors (Lipinski definition) is 2. The van der Waals surface area contributed by atoms with Crippen LogP contribution in [0.25, 0.3) is 0 Å². The SMILES string of the molecule is CCCCCC1N=C(N)[C@@H](O)[C@H]1C(F)(F)F. The zero-order valence-corrected chi connectivity index (χ0v) is 9.17. The molecule has 0 saturated heterocycles. The van der Waals surface area contributed by atoms with E-state index in [4.69, 9.17) is 5.73 Å². The molecule has 1 aliphatic rings. The number of nitrogens with two attached hydrogens (primary N) is 1. The summed E-state index contributed by atoms with van der Waals surface area (Å²) in [4.78, 5) is 3.71. The Kier molecular flexibility index (Phi) is 4.18. The van der Waals surface area contributed by atoms with E-state index in [1.165, 1.54) is 0 Å². The predicted molar refractivity (Wildman–Crippen MR) is 55.1 cm³/mol. The van der Waals surface area contributed by atoms with Gasteiger partial charge in [0.25, 0.3) is 0 Å². The van der Waals surface area contributed by atoms with Crippen LogP contribution < -0.4 is 5.73 Å². The minimum absolute atomic E-state index is 0.288. The Morgan fingerprint density at radius 1 is 1.38 bits per heavy atom. The van der Waals surface area contributed by atoms with E-state index in [0.29, 0.717) is 12.8 Å². The van der Waals surface area contributed by atoms with Crippen molar-refractivity contribution >= 4 is 5.84 Å². The van der Waals surface area contributed by atoms with Crippen LogP contribution >= 0.6 is 0 Å². The van der Waals surface area contributed by atoms with Gasteiger partial charge in [-0.1, -0.05) is 26.2 Å². The molecule has 0 bridgehead atoms. The maximum Gasteiger partial charge on any atom is 0.396 e. The molecule has 0 saturated carbocycles. The van der Waals surface area contributed by atoms with Gasteiger partial charge in [-0.25, -0.2) is 0 Å². The van der Waals surface area contributed by atoms with Gasteiger partial charge in [-0.05, 0) is 6.42 Å². The van der Waals surface area contributed by atoms with E-state index in [-0.39, 0.29) is 5.84 Å². The number of rotatable bonds is 4. The highest BCUT2D eigenvalue weighted by Gasteiger charge is 2.53. The summed E-state index contributed by atoms with van der Waals surface area (Å²) < 4.78 is 38.0. The van der Waals surface area contributed by atoms with E-state index in [1.807, 2.05) is 6.92 Å². The molecular formula is C10H17F3N2O. The van der Waals surface area contributed by atoms with E-state index < -0.39 is 24.2 Å². The van der Waals surface area contributed by atoms with Crippen LogP contribution in [0.3, 0.4) is 0 Å². The minimum atomic E-state index is -4.44. The topological polar surface area (TPSA) is 58.6 Å². The first-order valence-corrected chi connectivity index (χ1v) is 5.45. The van der Waals surface area contributed by atoms with Crippen LogP contribution in [0.5, 0.6) is 0 Å². The van der Waals surface area contributed by atoms with Crippen molar-refractivity contribution in [1.29, 1.82) is 0 Å². The summed E-state index contributed by atoms with van der Waals surface area (Å²) in [6.07, 6.45) is -3.31. The summed E-state index contributed by atoms with van der Waals surface area (Å²) in [6, 6.07) is -0.915. The van der Waals surface area contributed by atoms with Crippen molar-refractivity contribution in [3.05, 3.63) is 0 Å². The molecule has 3 nitrogen and oxygen atoms in total. The number of amidine groups is 1. The molecule has 1 aliphatic heterocycles. The lowest BCUT2D eigenvalue weighted by Gasteiger charge is -2.23. The number of alkyl halides is 3. The zero-order valence-electron chi connectivity index (χ0n) is 9.17. The van der Waals surface area contributed by atoms with Gasteiger partial charge in [-0.15, -0.1) is 0 Å². The molecule has 0 aliphatic carbocycles. The van der Waals surface area contributed by atoms with Gasteiger partial charge in [-0.2, -0.15) is 13.2 Å². The number of hydrogen-bond acceptors (Lipinski definition) is 3. The van der Waals surface area contributed by atoms with Gasteiger partial charge in [0.1, 0.15) is 17.9 Å². The lowest BCUT2D eigenvalue weighted by Crippen LogP contribution is -2.41. The summed E-state index contributed by atoms with van der Waals surface area (Å²) in [5.74, 6) is -2.12. The summed E-state index contributed by atoms with van der Waals surface area (Å²) in [5, 5.41) is 9.34. The number of nitrogens with zero attached hydrogens (tertiary/aromatic N) is 1. The second kappa shape index (κ2) is 5.03. The Bertz CT molecular complexity index is 265. The maximum atomic E-state index is 12.7. The molecule has 0 fully saturated rings. The van der Waals surface area contributed by atoms with E-state index in [0.717, 1.165) is 12.8 Å². The summed E-state index contributed by atoms with van der Waals surface area (Å²) >= 11 is 0. The monoisotopic (exact) mass is 238 g/mol. The molecule has 0 aromatic carbocycles. The molecule has 0 spiro atoms. The summed E-state index contributed by atoms with van der Waals surface area (Å²) in [5.41, 5.74) is 5.26. The van der Waals surface area contributed by atoms with Crippen LogP contribution in [0.15, 0.2) is 4.99 Å². The highest BCUT2D eigenvalue weighted by molar-refractivity contribution is 5.87. The number of unbranched alkanes of at least 4 members (excludes halogenated alkanes) is 2. The lowest BCUT2D eigenvalue weighted by molar-refractivity contribution is -0.193. The van der Waals surface area contributed by atoms with Gasteiger partial charge in [0.15, 0.2) is 0 Å². The molecule has 94 valence electrons. The van der Waals surface area contributed by atoms with Crippen molar-refractivity contribution in [2.24, 2.45) is 16.6 Å². The number of aliphatic hydroxyl groups is 1. The van der Waals surface area contributed by atoms with Crippen molar-refractivity contribution in [3.8, 4) is 0 Å². The number of halogens is 3. The summed E-state index contributed by atoms with van der Waals surface area (Å²) in [6.45, 7) is 1.97. The second-order valence-electron chi connectivity index (χ2n) is 4.13. The minimum Gasteiger partial charge on any atom is -0.385 e. The fraction of sp³-hybridized carbons (Fsp3) is 0.900. The molecule has 3 atom stereocenters. The zero-order chi connectivity index (χ0) is 12.3. The Labute approximate surface area is 92.5 Å². The first kappa shape index (κ1) is 13.3. The Balaban J connectivity index is 2.66. The molecule has 1 heterocycles. The quantitative estimate of drug-likeness (QED) is 0.734. The lowest BCUT2D eigenvalue weighted by atomic mass is 9.92. The fourth-order valence-electron chi connectivity index (χ4n) is 1.99. The Hall–Kier alpha value is -0.780. The molecule has 1 rings (SSSR count). The van der Waals surface area contributed by atoms with E-state index in [1.54, 1.807) is 0 Å². The molecule has 0 aromatic rings. The Morgan fingerprint density at radius 3 is 2.50 bits per heavy atom. The smallest absolute Gasteiger partial charge is 0.385 e. The molecule has 0 radical (unpaired) electrons. The van der Waals surface area contributed by atoms with Crippen LogP contribution in [0, 0.1) is 5.92 Å². The third-order valence-corrected chi connectivity index (χ3v) is 2.85. The predicted octanol–water partition coefficient (Wildman–Crippen LogP) is 1.85. The first-order valence-electron chi connectivity index (χ1n) is 5.45. The van der Waals surface area contributed by atoms with Crippen molar-refractivity contribution in [2.75, 3.05) is 0 Å². The molecule has 16 heavy (non-hydrogen) atoms. The molecule has 0 amide bonds. The van der Waals surface area contributed by atoms with Crippen LogP contribution in [0.1, 0.15) is 32.6 Å². The highest BCUT2D eigenvalue weighted by atomic mass is 19.4. The van der Waals surface area contributed by atoms with Gasteiger partial charge in [-0.3, -0.25) is 4.99 Å². The molecule has 1 unspecified atom stereocenters. The Morgan fingerprint density at radius 2 is 2.00 bits per heavy atom. The maximum absolute atomic E-state index is 12.7. The van der Waals surface area contributed by atoms with Crippen LogP contribution in [0.2, 0.25) is 0 Å². The van der Waals surface area contributed by atoms with Crippen LogP contribution in [0.4, 0.5) is 13.2 Å². The fourth-order valence-corrected chi connectivity index (χ4v) is 1.99. The normalized spacial score (nSPS) is 30.6. The van der Waals surface area contributed by atoms with Gasteiger partial charge in [0.2, 0.25) is 0 Å². The third kappa shape index (κ3) is 2.87. The van der Waals surface area contributed by atoms with Crippen molar-refractivity contribution in [3.63, 3.8) is 0 Å². The largest absolute Gasteiger partial charge is 0.396 e. The first-order chi connectivity index (χ1) is 7.38. The van der Waals surface area contributed by atoms with Crippen LogP contribution in [-0.4, -0.2) is 29.3 Å². The van der Waals surface area contributed by atoms with Gasteiger partial charge >= 0.3 is 6.18 Å². The van der Waals surface area contributed by atoms with Crippen molar-refractivity contribution in [2.45, 2.75) is 50.9 Å².